The summed E-state index contributed by atoms with van der Waals surface area (Å²) in [6, 6.07) is 3.33. The molecule has 0 spiro atoms. The Bertz CT molecular complexity index is 908. The number of halogens is 1. The van der Waals surface area contributed by atoms with Crippen LogP contribution in [0.15, 0.2) is 18.3 Å². The second kappa shape index (κ2) is 10.1. The second-order valence-corrected chi connectivity index (χ2v) is 9.62. The third kappa shape index (κ3) is 8.08. The summed E-state index contributed by atoms with van der Waals surface area (Å²) in [6.07, 6.45) is 3.72. The molecule has 0 radical (unpaired) electrons. The summed E-state index contributed by atoms with van der Waals surface area (Å²) in [7, 11) is -3.56. The summed E-state index contributed by atoms with van der Waals surface area (Å²) in [5.74, 6) is 0.859. The van der Waals surface area contributed by atoms with Gasteiger partial charge in [-0.25, -0.2) is 8.42 Å². The highest BCUT2D eigenvalue weighted by molar-refractivity contribution is 7.91. The first-order chi connectivity index (χ1) is 13.6. The van der Waals surface area contributed by atoms with Gasteiger partial charge in [-0.2, -0.15) is 15.0 Å². The maximum absolute atomic E-state index is 11.6. The molecular formula is C18H27ClN6O3S. The van der Waals surface area contributed by atoms with E-state index in [0.29, 0.717) is 29.6 Å². The smallest absolute Gasteiger partial charge is 0.241 e. The van der Waals surface area contributed by atoms with Gasteiger partial charge in [-0.05, 0) is 24.5 Å². The molecule has 2 unspecified atom stereocenters. The Kier molecular flexibility index (Phi) is 8.12. The largest absolute Gasteiger partial charge is 0.394 e. The van der Waals surface area contributed by atoms with Crippen LogP contribution in [0.1, 0.15) is 44.6 Å². The normalized spacial score (nSPS) is 13.9. The molecular weight excluding hydrogens is 416 g/mol. The second-order valence-electron chi connectivity index (χ2n) is 7.43. The third-order valence-corrected chi connectivity index (χ3v) is 4.79. The van der Waals surface area contributed by atoms with Crippen LogP contribution in [0.4, 0.5) is 11.9 Å². The van der Waals surface area contributed by atoms with Gasteiger partial charge in [0.2, 0.25) is 21.9 Å². The van der Waals surface area contributed by atoms with Crippen LogP contribution in [0.25, 0.3) is 0 Å². The van der Waals surface area contributed by atoms with E-state index in [-0.39, 0.29) is 30.5 Å². The Hall–Kier alpha value is -2.04. The summed E-state index contributed by atoms with van der Waals surface area (Å²) < 4.78 is 25.5. The van der Waals surface area contributed by atoms with Crippen molar-refractivity contribution < 1.29 is 13.5 Å². The fraction of sp³-hybridized carbons (Fsp3) is 0.556. The van der Waals surface area contributed by atoms with Gasteiger partial charge in [-0.1, -0.05) is 32.4 Å². The Morgan fingerprint density at radius 1 is 1.14 bits per heavy atom. The minimum absolute atomic E-state index is 0.0297. The van der Waals surface area contributed by atoms with Crippen molar-refractivity contribution in [2.45, 2.75) is 45.6 Å². The third-order valence-electron chi connectivity index (χ3n) is 4.01. The number of hydrogen-bond donors (Lipinski definition) is 3. The maximum Gasteiger partial charge on any atom is 0.241 e. The number of nitrogens with one attached hydrogen (secondary N) is 2. The van der Waals surface area contributed by atoms with Crippen LogP contribution >= 0.6 is 11.6 Å². The number of aliphatic hydroxyl groups excluding tert-OH is 1. The first kappa shape index (κ1) is 23.2. The van der Waals surface area contributed by atoms with Crippen LogP contribution in [-0.4, -0.2) is 52.4 Å². The van der Waals surface area contributed by atoms with Crippen LogP contribution in [0.2, 0.25) is 5.02 Å². The van der Waals surface area contributed by atoms with Crippen molar-refractivity contribution in [1.82, 2.24) is 19.9 Å². The summed E-state index contributed by atoms with van der Waals surface area (Å²) >= 11 is 5.89. The predicted octanol–water partition coefficient (Wildman–Crippen LogP) is 2.46. The Labute approximate surface area is 176 Å². The highest BCUT2D eigenvalue weighted by Crippen LogP contribution is 2.20. The first-order valence-electron chi connectivity index (χ1n) is 9.27. The van der Waals surface area contributed by atoms with E-state index in [1.54, 1.807) is 12.3 Å². The average molecular weight is 443 g/mol. The molecule has 2 heterocycles. The van der Waals surface area contributed by atoms with Gasteiger partial charge in [-0.15, -0.1) is 0 Å². The quantitative estimate of drug-likeness (QED) is 0.511. The summed E-state index contributed by atoms with van der Waals surface area (Å²) in [5.41, 5.74) is 0.815. The van der Waals surface area contributed by atoms with Crippen molar-refractivity contribution in [3.8, 4) is 0 Å². The number of nitrogens with zero attached hydrogens (tertiary/aromatic N) is 4. The van der Waals surface area contributed by atoms with Crippen molar-refractivity contribution in [3.63, 3.8) is 0 Å². The molecule has 0 fully saturated rings. The van der Waals surface area contributed by atoms with Gasteiger partial charge in [-0.3, -0.25) is 9.71 Å². The Balaban J connectivity index is 2.29. The molecule has 29 heavy (non-hydrogen) atoms. The number of rotatable bonds is 10. The van der Waals surface area contributed by atoms with Crippen molar-refractivity contribution in [1.29, 1.82) is 0 Å². The average Bonchev–Trinajstić information content (AvgIpc) is 2.59. The van der Waals surface area contributed by atoms with Gasteiger partial charge >= 0.3 is 0 Å². The monoisotopic (exact) mass is 442 g/mol. The molecule has 0 aliphatic rings. The number of aromatic nitrogens is 4. The molecule has 0 saturated carbocycles. The lowest BCUT2D eigenvalue weighted by Crippen LogP contribution is -2.27. The van der Waals surface area contributed by atoms with E-state index in [9.17, 15) is 13.5 Å². The molecule has 0 amide bonds. The lowest BCUT2D eigenvalue weighted by molar-refractivity contribution is 0.259. The topological polar surface area (TPSA) is 130 Å². The van der Waals surface area contributed by atoms with Gasteiger partial charge in [0.05, 0.1) is 23.9 Å². The molecule has 2 aromatic heterocycles. The molecule has 0 aliphatic carbocycles. The van der Waals surface area contributed by atoms with Crippen molar-refractivity contribution >= 4 is 33.5 Å². The van der Waals surface area contributed by atoms with Crippen LogP contribution in [-0.2, 0) is 16.4 Å². The van der Waals surface area contributed by atoms with Crippen molar-refractivity contribution in [3.05, 3.63) is 34.9 Å². The zero-order valence-electron chi connectivity index (χ0n) is 16.9. The predicted molar refractivity (Wildman–Crippen MR) is 114 cm³/mol. The minimum atomic E-state index is -3.56. The molecule has 0 bridgehead atoms. The van der Waals surface area contributed by atoms with Gasteiger partial charge in [0, 0.05) is 24.2 Å². The number of aliphatic hydroxyl groups is 1. The van der Waals surface area contributed by atoms with Crippen LogP contribution in [0, 0.1) is 5.92 Å². The van der Waals surface area contributed by atoms with E-state index < -0.39 is 10.0 Å². The van der Waals surface area contributed by atoms with E-state index in [2.05, 4.69) is 30.0 Å². The number of sulfonamides is 1. The summed E-state index contributed by atoms with van der Waals surface area (Å²) in [6.45, 7) is 5.95. The Morgan fingerprint density at radius 3 is 2.38 bits per heavy atom. The summed E-state index contributed by atoms with van der Waals surface area (Å²) in [5, 5.41) is 13.2. The number of hydrogen-bond acceptors (Lipinski definition) is 8. The first-order valence-corrected chi connectivity index (χ1v) is 11.5. The SMILES string of the molecule is CC(C)CC(CO)Nc1nc(CC(C)c2ccc(Cl)cn2)nc(NS(C)(=O)=O)n1. The molecule has 2 rings (SSSR count). The van der Waals surface area contributed by atoms with E-state index in [1.165, 1.54) is 0 Å². The fourth-order valence-electron chi connectivity index (χ4n) is 2.78. The van der Waals surface area contributed by atoms with E-state index in [0.717, 1.165) is 11.9 Å². The van der Waals surface area contributed by atoms with E-state index in [4.69, 9.17) is 11.6 Å². The summed E-state index contributed by atoms with van der Waals surface area (Å²) in [4.78, 5) is 17.1. The maximum atomic E-state index is 11.6. The molecule has 3 N–H and O–H groups in total. The van der Waals surface area contributed by atoms with Crippen LogP contribution < -0.4 is 10.0 Å². The molecule has 9 nitrogen and oxygen atoms in total. The molecule has 2 aromatic rings. The van der Waals surface area contributed by atoms with Gasteiger partial charge in [0.1, 0.15) is 5.82 Å². The standard InChI is InChI=1S/C18H27ClN6O3S/c1-11(2)7-14(10-26)21-17-22-16(23-18(24-17)25-29(4,27)28)8-12(3)15-6-5-13(19)9-20-15/h5-6,9,11-12,14,26H,7-8,10H2,1-4H3,(H2,21,22,23,24,25). The molecule has 0 aliphatic heterocycles. The van der Waals surface area contributed by atoms with E-state index >= 15 is 0 Å². The van der Waals surface area contributed by atoms with Gasteiger partial charge in [0.25, 0.3) is 0 Å². The van der Waals surface area contributed by atoms with Crippen LogP contribution in [0.3, 0.4) is 0 Å². The van der Waals surface area contributed by atoms with Gasteiger partial charge < -0.3 is 10.4 Å². The molecule has 2 atom stereocenters. The lowest BCUT2D eigenvalue weighted by Gasteiger charge is -2.19. The zero-order chi connectivity index (χ0) is 21.6. The Morgan fingerprint density at radius 2 is 1.83 bits per heavy atom. The van der Waals surface area contributed by atoms with Crippen molar-refractivity contribution in [2.24, 2.45) is 5.92 Å². The lowest BCUT2D eigenvalue weighted by atomic mass is 10.0. The van der Waals surface area contributed by atoms with Crippen LogP contribution in [0.5, 0.6) is 0 Å². The number of anilines is 2. The highest BCUT2D eigenvalue weighted by atomic mass is 35.5. The minimum Gasteiger partial charge on any atom is -0.394 e. The highest BCUT2D eigenvalue weighted by Gasteiger charge is 2.17. The zero-order valence-corrected chi connectivity index (χ0v) is 18.5. The van der Waals surface area contributed by atoms with E-state index in [1.807, 2.05) is 26.8 Å². The molecule has 160 valence electrons. The fourth-order valence-corrected chi connectivity index (χ4v) is 3.31. The molecule has 0 aromatic carbocycles. The van der Waals surface area contributed by atoms with Crippen molar-refractivity contribution in [2.75, 3.05) is 22.9 Å². The number of pyridine rings is 1. The molecule has 0 saturated heterocycles. The molecule has 11 heteroatoms. The van der Waals surface area contributed by atoms with Gasteiger partial charge in [0.15, 0.2) is 0 Å².